The van der Waals surface area contributed by atoms with Crippen LogP contribution in [0.2, 0.25) is 0 Å². The number of aliphatic hydroxyl groups excluding tert-OH is 1. The van der Waals surface area contributed by atoms with Gasteiger partial charge in [0.15, 0.2) is 0 Å². The molecule has 1 aliphatic rings. The van der Waals surface area contributed by atoms with Crippen molar-refractivity contribution in [1.82, 2.24) is 9.78 Å². The SMILES string of the molecule is CCn1nccc1C(O)C1(CN)CCC(C)C1. The van der Waals surface area contributed by atoms with Crippen molar-refractivity contribution >= 4 is 0 Å². The fourth-order valence-corrected chi connectivity index (χ4v) is 3.13. The van der Waals surface area contributed by atoms with Crippen LogP contribution in [0.4, 0.5) is 0 Å². The maximum Gasteiger partial charge on any atom is 0.102 e. The van der Waals surface area contributed by atoms with Crippen molar-refractivity contribution < 1.29 is 5.11 Å². The molecule has 17 heavy (non-hydrogen) atoms. The Morgan fingerprint density at radius 1 is 1.71 bits per heavy atom. The maximum absolute atomic E-state index is 10.6. The number of nitrogens with zero attached hydrogens (tertiary/aromatic N) is 2. The van der Waals surface area contributed by atoms with Crippen LogP contribution in [0.3, 0.4) is 0 Å². The Labute approximate surface area is 103 Å². The average molecular weight is 237 g/mol. The van der Waals surface area contributed by atoms with Gasteiger partial charge in [0, 0.05) is 24.7 Å². The van der Waals surface area contributed by atoms with E-state index in [4.69, 9.17) is 5.73 Å². The quantitative estimate of drug-likeness (QED) is 0.837. The van der Waals surface area contributed by atoms with E-state index >= 15 is 0 Å². The Balaban J connectivity index is 2.26. The van der Waals surface area contributed by atoms with Crippen LogP contribution in [0.15, 0.2) is 12.3 Å². The van der Waals surface area contributed by atoms with Gasteiger partial charge in [-0.05, 0) is 31.7 Å². The lowest BCUT2D eigenvalue weighted by Crippen LogP contribution is -2.35. The molecular weight excluding hydrogens is 214 g/mol. The van der Waals surface area contributed by atoms with Crippen LogP contribution in [0.25, 0.3) is 0 Å². The molecule has 0 saturated heterocycles. The molecule has 1 aromatic rings. The fraction of sp³-hybridized carbons (Fsp3) is 0.769. The van der Waals surface area contributed by atoms with Crippen molar-refractivity contribution in [1.29, 1.82) is 0 Å². The van der Waals surface area contributed by atoms with E-state index in [1.54, 1.807) is 6.20 Å². The zero-order chi connectivity index (χ0) is 12.5. The molecule has 1 aromatic heterocycles. The van der Waals surface area contributed by atoms with Gasteiger partial charge in [-0.25, -0.2) is 0 Å². The molecule has 96 valence electrons. The number of aliphatic hydroxyl groups is 1. The van der Waals surface area contributed by atoms with E-state index in [0.29, 0.717) is 12.5 Å². The van der Waals surface area contributed by atoms with Crippen molar-refractivity contribution in [3.05, 3.63) is 18.0 Å². The molecule has 1 aliphatic carbocycles. The second-order valence-corrected chi connectivity index (χ2v) is 5.39. The van der Waals surface area contributed by atoms with Gasteiger partial charge in [0.25, 0.3) is 0 Å². The highest BCUT2D eigenvalue weighted by Gasteiger charge is 2.43. The minimum absolute atomic E-state index is 0.146. The summed E-state index contributed by atoms with van der Waals surface area (Å²) in [4.78, 5) is 0. The van der Waals surface area contributed by atoms with Crippen molar-refractivity contribution in [2.24, 2.45) is 17.1 Å². The maximum atomic E-state index is 10.6. The van der Waals surface area contributed by atoms with Gasteiger partial charge in [0.2, 0.25) is 0 Å². The Bertz CT molecular complexity index is 376. The molecule has 3 unspecified atom stereocenters. The third kappa shape index (κ3) is 2.11. The molecule has 1 saturated carbocycles. The van der Waals surface area contributed by atoms with Gasteiger partial charge >= 0.3 is 0 Å². The number of aryl methyl sites for hydroxylation is 1. The highest BCUT2D eigenvalue weighted by Crippen LogP contribution is 2.49. The first-order valence-electron chi connectivity index (χ1n) is 6.53. The van der Waals surface area contributed by atoms with Crippen molar-refractivity contribution in [2.75, 3.05) is 6.54 Å². The van der Waals surface area contributed by atoms with E-state index in [1.807, 2.05) is 17.7 Å². The third-order valence-corrected chi connectivity index (χ3v) is 4.21. The van der Waals surface area contributed by atoms with Crippen LogP contribution < -0.4 is 5.73 Å². The summed E-state index contributed by atoms with van der Waals surface area (Å²) in [5.41, 5.74) is 6.70. The molecule has 3 N–H and O–H groups in total. The summed E-state index contributed by atoms with van der Waals surface area (Å²) in [7, 11) is 0. The average Bonchev–Trinajstić information content (AvgIpc) is 2.94. The van der Waals surface area contributed by atoms with Gasteiger partial charge in [0.1, 0.15) is 6.10 Å². The fourth-order valence-electron chi connectivity index (χ4n) is 3.13. The number of hydrogen-bond acceptors (Lipinski definition) is 3. The van der Waals surface area contributed by atoms with Crippen LogP contribution in [0.5, 0.6) is 0 Å². The molecule has 0 aliphatic heterocycles. The molecular formula is C13H23N3O. The molecule has 0 amide bonds. The first kappa shape index (κ1) is 12.6. The zero-order valence-electron chi connectivity index (χ0n) is 10.8. The number of hydrogen-bond donors (Lipinski definition) is 2. The lowest BCUT2D eigenvalue weighted by molar-refractivity contribution is 0.0240. The summed E-state index contributed by atoms with van der Waals surface area (Å²) in [6.07, 6.45) is 4.46. The van der Waals surface area contributed by atoms with E-state index in [9.17, 15) is 5.11 Å². The second-order valence-electron chi connectivity index (χ2n) is 5.39. The number of aromatic nitrogens is 2. The standard InChI is InChI=1S/C13H23N3O/c1-3-16-11(5-7-15-16)12(17)13(9-14)6-4-10(2)8-13/h5,7,10,12,17H,3-4,6,8-9,14H2,1-2H3. The molecule has 4 heteroatoms. The van der Waals surface area contributed by atoms with Crippen molar-refractivity contribution in [3.8, 4) is 0 Å². The predicted molar refractivity (Wildman–Crippen MR) is 67.4 cm³/mol. The Morgan fingerprint density at radius 3 is 3.00 bits per heavy atom. The molecule has 1 fully saturated rings. The monoisotopic (exact) mass is 237 g/mol. The smallest absolute Gasteiger partial charge is 0.102 e. The summed E-state index contributed by atoms with van der Waals surface area (Å²) < 4.78 is 1.87. The van der Waals surface area contributed by atoms with E-state index in [0.717, 1.165) is 31.5 Å². The van der Waals surface area contributed by atoms with Gasteiger partial charge in [-0.15, -0.1) is 0 Å². The van der Waals surface area contributed by atoms with E-state index < -0.39 is 6.10 Å². The van der Waals surface area contributed by atoms with E-state index in [2.05, 4.69) is 12.0 Å². The summed E-state index contributed by atoms with van der Waals surface area (Å²) in [6, 6.07) is 1.91. The molecule has 0 aromatic carbocycles. The largest absolute Gasteiger partial charge is 0.386 e. The molecule has 0 bridgehead atoms. The van der Waals surface area contributed by atoms with Gasteiger partial charge in [-0.2, -0.15) is 5.10 Å². The minimum Gasteiger partial charge on any atom is -0.386 e. The normalized spacial score (nSPS) is 30.7. The minimum atomic E-state index is -0.486. The number of rotatable bonds is 4. The van der Waals surface area contributed by atoms with Crippen molar-refractivity contribution in [3.63, 3.8) is 0 Å². The Kier molecular flexibility index (Phi) is 3.54. The summed E-state index contributed by atoms with van der Waals surface area (Å²) >= 11 is 0. The van der Waals surface area contributed by atoms with Crippen LogP contribution >= 0.6 is 0 Å². The van der Waals surface area contributed by atoms with Gasteiger partial charge in [-0.3, -0.25) is 4.68 Å². The molecule has 4 nitrogen and oxygen atoms in total. The van der Waals surface area contributed by atoms with Gasteiger partial charge in [0.05, 0.1) is 5.69 Å². The summed E-state index contributed by atoms with van der Waals surface area (Å²) in [5.74, 6) is 0.659. The van der Waals surface area contributed by atoms with Crippen molar-refractivity contribution in [2.45, 2.75) is 45.8 Å². The second kappa shape index (κ2) is 4.78. The molecule has 0 radical (unpaired) electrons. The van der Waals surface area contributed by atoms with Gasteiger partial charge in [-0.1, -0.05) is 13.3 Å². The first-order valence-corrected chi connectivity index (χ1v) is 6.53. The highest BCUT2D eigenvalue weighted by atomic mass is 16.3. The molecule has 3 atom stereocenters. The van der Waals surface area contributed by atoms with E-state index in [1.165, 1.54) is 0 Å². The predicted octanol–water partition coefficient (Wildman–Crippen LogP) is 1.70. The molecule has 1 heterocycles. The van der Waals surface area contributed by atoms with Gasteiger partial charge < -0.3 is 10.8 Å². The van der Waals surface area contributed by atoms with E-state index in [-0.39, 0.29) is 5.41 Å². The molecule has 2 rings (SSSR count). The van der Waals surface area contributed by atoms with Crippen LogP contribution in [0, 0.1) is 11.3 Å². The Morgan fingerprint density at radius 2 is 2.47 bits per heavy atom. The zero-order valence-corrected chi connectivity index (χ0v) is 10.8. The molecule has 0 spiro atoms. The van der Waals surface area contributed by atoms with Crippen LogP contribution in [0.1, 0.15) is 44.9 Å². The third-order valence-electron chi connectivity index (χ3n) is 4.21. The summed E-state index contributed by atoms with van der Waals surface area (Å²) in [5, 5.41) is 14.9. The summed E-state index contributed by atoms with van der Waals surface area (Å²) in [6.45, 7) is 5.61. The van der Waals surface area contributed by atoms with Crippen LogP contribution in [-0.2, 0) is 6.54 Å². The lowest BCUT2D eigenvalue weighted by Gasteiger charge is -2.33. The van der Waals surface area contributed by atoms with Crippen LogP contribution in [-0.4, -0.2) is 21.4 Å². The highest BCUT2D eigenvalue weighted by molar-refractivity contribution is 5.11. The Hall–Kier alpha value is -0.870. The first-order chi connectivity index (χ1) is 8.13. The lowest BCUT2D eigenvalue weighted by atomic mass is 9.78. The number of nitrogens with two attached hydrogens (primary N) is 1. The topological polar surface area (TPSA) is 64.1 Å².